The van der Waals surface area contributed by atoms with Crippen LogP contribution in [0.2, 0.25) is 0 Å². The number of nitrogens with one attached hydrogen (secondary N) is 1. The average Bonchev–Trinajstić information content (AvgIpc) is 3.34. The van der Waals surface area contributed by atoms with Gasteiger partial charge in [0.15, 0.2) is 0 Å². The molecule has 0 saturated carbocycles. The Morgan fingerprint density at radius 2 is 0.711 bits per heavy atom. The zero-order valence-electron chi connectivity index (χ0n) is 29.4. The molecule has 0 aromatic rings. The van der Waals surface area contributed by atoms with Crippen LogP contribution in [0.1, 0.15) is 194 Å². The Balaban J connectivity index is 2.11. The molecule has 1 N–H and O–H groups in total. The Morgan fingerprint density at radius 3 is 1.02 bits per heavy atom. The smallest absolute Gasteiger partial charge is 0.238 e. The predicted molar refractivity (Wildman–Crippen MR) is 189 cm³/mol. The van der Waals surface area contributed by atoms with Gasteiger partial charge in [-0.1, -0.05) is 141 Å². The van der Waals surface area contributed by atoms with Crippen LogP contribution < -0.4 is 5.32 Å². The van der Waals surface area contributed by atoms with Crippen LogP contribution in [0.4, 0.5) is 0 Å². The van der Waals surface area contributed by atoms with Gasteiger partial charge in [-0.2, -0.15) is 0 Å². The van der Waals surface area contributed by atoms with E-state index in [1.165, 1.54) is 89.9 Å². The molecule has 2 atom stereocenters. The summed E-state index contributed by atoms with van der Waals surface area (Å²) in [6.45, 7) is 4.50. The molecule has 1 rings (SSSR count). The lowest BCUT2D eigenvalue weighted by molar-refractivity contribution is -0.139. The predicted octanol–water partition coefficient (Wildman–Crippen LogP) is 11.1. The third kappa shape index (κ3) is 21.4. The van der Waals surface area contributed by atoms with Crippen molar-refractivity contribution in [3.05, 3.63) is 24.3 Å². The van der Waals surface area contributed by atoms with Crippen LogP contribution in [0, 0.1) is 11.8 Å². The molecule has 0 aromatic carbocycles. The molecule has 5 nitrogen and oxygen atoms in total. The maximum Gasteiger partial charge on any atom is 0.238 e. The summed E-state index contributed by atoms with van der Waals surface area (Å²) in [5.74, 6) is -3.91. The number of allylic oxidation sites excluding steroid dienone is 4. The summed E-state index contributed by atoms with van der Waals surface area (Å²) in [5.41, 5.74) is 0. The molecular formula is C40H69NO4. The fourth-order valence-electron chi connectivity index (χ4n) is 6.29. The minimum Gasteiger partial charge on any atom is -0.299 e. The lowest BCUT2D eigenvalue weighted by Crippen LogP contribution is -2.32. The quantitative estimate of drug-likeness (QED) is 0.0348. The van der Waals surface area contributed by atoms with Crippen LogP contribution in [-0.2, 0) is 19.2 Å². The van der Waals surface area contributed by atoms with Crippen molar-refractivity contribution in [2.75, 3.05) is 0 Å². The number of Topliss-reactive ketones (excluding diaryl/α,β-unsaturated/α-hetero) is 2. The largest absolute Gasteiger partial charge is 0.299 e. The van der Waals surface area contributed by atoms with Gasteiger partial charge in [0.2, 0.25) is 11.8 Å². The van der Waals surface area contributed by atoms with Crippen LogP contribution in [0.15, 0.2) is 24.3 Å². The topological polar surface area (TPSA) is 80.3 Å². The van der Waals surface area contributed by atoms with Gasteiger partial charge in [0, 0.05) is 12.8 Å². The first-order chi connectivity index (χ1) is 22.0. The average molecular weight is 628 g/mol. The maximum atomic E-state index is 12.9. The Bertz CT molecular complexity index is 777. The Hall–Kier alpha value is -2.04. The second-order valence-corrected chi connectivity index (χ2v) is 13.4. The van der Waals surface area contributed by atoms with E-state index in [0.717, 1.165) is 64.2 Å². The summed E-state index contributed by atoms with van der Waals surface area (Å²) in [6, 6.07) is 0. The van der Waals surface area contributed by atoms with E-state index in [4.69, 9.17) is 0 Å². The van der Waals surface area contributed by atoms with E-state index in [-0.39, 0.29) is 24.4 Å². The van der Waals surface area contributed by atoms with Crippen molar-refractivity contribution in [2.45, 2.75) is 194 Å². The molecular weight excluding hydrogens is 558 g/mol. The summed E-state index contributed by atoms with van der Waals surface area (Å²) >= 11 is 0. The zero-order valence-corrected chi connectivity index (χ0v) is 29.4. The van der Waals surface area contributed by atoms with E-state index >= 15 is 0 Å². The van der Waals surface area contributed by atoms with E-state index in [1.54, 1.807) is 0 Å². The van der Waals surface area contributed by atoms with E-state index in [9.17, 15) is 19.2 Å². The van der Waals surface area contributed by atoms with E-state index in [2.05, 4.69) is 43.5 Å². The van der Waals surface area contributed by atoms with Crippen molar-refractivity contribution >= 4 is 23.4 Å². The number of unbranched alkanes of at least 4 members (excludes halogenated alkanes) is 22. The molecule has 2 unspecified atom stereocenters. The molecule has 5 heteroatoms. The highest BCUT2D eigenvalue weighted by Crippen LogP contribution is 2.26. The van der Waals surface area contributed by atoms with Gasteiger partial charge < -0.3 is 0 Å². The Kier molecular flexibility index (Phi) is 26.7. The zero-order chi connectivity index (χ0) is 32.8. The van der Waals surface area contributed by atoms with Gasteiger partial charge in [-0.05, 0) is 64.2 Å². The summed E-state index contributed by atoms with van der Waals surface area (Å²) in [5, 5.41) is 2.25. The summed E-state index contributed by atoms with van der Waals surface area (Å²) < 4.78 is 0. The number of hydrogen-bond donors (Lipinski definition) is 1. The molecule has 0 bridgehead atoms. The summed E-state index contributed by atoms with van der Waals surface area (Å²) in [6.07, 6.45) is 40.4. The highest BCUT2D eigenvalue weighted by Gasteiger charge is 2.48. The fraction of sp³-hybridized carbons (Fsp3) is 0.800. The van der Waals surface area contributed by atoms with Gasteiger partial charge in [0.1, 0.15) is 23.4 Å². The maximum absolute atomic E-state index is 12.9. The molecule has 2 amide bonds. The van der Waals surface area contributed by atoms with Crippen molar-refractivity contribution in [3.63, 3.8) is 0 Å². The van der Waals surface area contributed by atoms with Gasteiger partial charge in [0.05, 0.1) is 0 Å². The van der Waals surface area contributed by atoms with Gasteiger partial charge in [0.25, 0.3) is 0 Å². The molecule has 1 saturated heterocycles. The second kappa shape index (κ2) is 29.4. The van der Waals surface area contributed by atoms with Crippen LogP contribution in [0.3, 0.4) is 0 Å². The monoisotopic (exact) mass is 628 g/mol. The minimum atomic E-state index is -1.12. The first kappa shape index (κ1) is 41.0. The molecule has 1 aliphatic heterocycles. The van der Waals surface area contributed by atoms with Crippen molar-refractivity contribution in [2.24, 2.45) is 11.8 Å². The van der Waals surface area contributed by atoms with E-state index in [1.807, 2.05) is 0 Å². The van der Waals surface area contributed by atoms with Crippen molar-refractivity contribution in [3.8, 4) is 0 Å². The lowest BCUT2D eigenvalue weighted by Gasteiger charge is -2.13. The molecule has 0 spiro atoms. The summed E-state index contributed by atoms with van der Waals surface area (Å²) in [4.78, 5) is 50.6. The third-order valence-electron chi connectivity index (χ3n) is 9.21. The highest BCUT2D eigenvalue weighted by atomic mass is 16.2. The molecule has 1 heterocycles. The molecule has 45 heavy (non-hydrogen) atoms. The number of ketones is 2. The molecule has 1 fully saturated rings. The Morgan fingerprint density at radius 1 is 0.444 bits per heavy atom. The normalized spacial score (nSPS) is 16.8. The van der Waals surface area contributed by atoms with Crippen LogP contribution in [0.5, 0.6) is 0 Å². The van der Waals surface area contributed by atoms with Gasteiger partial charge in [-0.15, -0.1) is 0 Å². The number of amides is 2. The molecule has 0 aromatic heterocycles. The summed E-state index contributed by atoms with van der Waals surface area (Å²) in [7, 11) is 0. The first-order valence-electron chi connectivity index (χ1n) is 19.2. The number of rotatable bonds is 32. The number of carbonyl (C=O) groups excluding carboxylic acids is 4. The van der Waals surface area contributed by atoms with E-state index < -0.39 is 23.7 Å². The molecule has 0 aliphatic carbocycles. The Labute approximate surface area is 277 Å². The van der Waals surface area contributed by atoms with Gasteiger partial charge >= 0.3 is 0 Å². The van der Waals surface area contributed by atoms with Crippen molar-refractivity contribution in [1.82, 2.24) is 5.32 Å². The fourth-order valence-corrected chi connectivity index (χ4v) is 6.29. The van der Waals surface area contributed by atoms with Crippen LogP contribution >= 0.6 is 0 Å². The molecule has 1 aliphatic rings. The first-order valence-corrected chi connectivity index (χ1v) is 19.2. The second-order valence-electron chi connectivity index (χ2n) is 13.4. The lowest BCUT2D eigenvalue weighted by atomic mass is 9.84. The molecule has 258 valence electrons. The van der Waals surface area contributed by atoms with Crippen LogP contribution in [0.25, 0.3) is 0 Å². The standard InChI is InChI=1S/C40H69NO4/c1-3-5-7-9-11-13-15-17-19-21-23-25-27-29-31-33-35(42)37-38(40(45)41-39(37)44)36(43)34-32-30-28-26-24-22-20-18-16-14-12-10-8-6-4-2/h17-20,37-38H,3-16,21-34H2,1-2H3,(H,41,44,45)/b19-17-,20-18-. The minimum absolute atomic E-state index is 0.251. The number of hydrogen-bond acceptors (Lipinski definition) is 4. The van der Waals surface area contributed by atoms with Crippen molar-refractivity contribution in [1.29, 1.82) is 0 Å². The van der Waals surface area contributed by atoms with Gasteiger partial charge in [-0.3, -0.25) is 24.5 Å². The third-order valence-corrected chi connectivity index (χ3v) is 9.21. The number of carbonyl (C=O) groups is 4. The highest BCUT2D eigenvalue weighted by molar-refractivity contribution is 6.22. The number of imide groups is 1. The van der Waals surface area contributed by atoms with Gasteiger partial charge in [-0.25, -0.2) is 0 Å². The SMILES string of the molecule is CCCCCCCC/C=C\CCCCCCCC(=O)C1C(=O)NC(=O)C1C(=O)CCCCCCC/C=C\CCCCCCCC. The van der Waals surface area contributed by atoms with Crippen molar-refractivity contribution < 1.29 is 19.2 Å². The van der Waals surface area contributed by atoms with E-state index in [0.29, 0.717) is 12.8 Å². The van der Waals surface area contributed by atoms with Crippen LogP contribution in [-0.4, -0.2) is 23.4 Å². The molecule has 0 radical (unpaired) electrons.